The molecule has 0 N–H and O–H groups in total. The Hall–Kier alpha value is -1.68. The molecule has 0 saturated carbocycles. The number of thioether (sulfide) groups is 3. The molecule has 0 fully saturated rings. The lowest BCUT2D eigenvalue weighted by atomic mass is 10.0. The minimum Gasteiger partial charge on any atom is -0.493 e. The van der Waals surface area contributed by atoms with Crippen LogP contribution in [0.15, 0.2) is 41.3 Å². The molecule has 29 heavy (non-hydrogen) atoms. The van der Waals surface area contributed by atoms with Crippen LogP contribution in [0, 0.1) is 11.8 Å². The van der Waals surface area contributed by atoms with Crippen molar-refractivity contribution in [1.29, 1.82) is 0 Å². The summed E-state index contributed by atoms with van der Waals surface area (Å²) >= 11 is 5.35. The second-order valence-electron chi connectivity index (χ2n) is 6.32. The molecule has 2 aromatic carbocycles. The van der Waals surface area contributed by atoms with E-state index >= 15 is 0 Å². The fourth-order valence-electron chi connectivity index (χ4n) is 3.30. The van der Waals surface area contributed by atoms with Crippen LogP contribution in [0.1, 0.15) is 40.4 Å². The van der Waals surface area contributed by atoms with Gasteiger partial charge in [-0.1, -0.05) is 24.0 Å². The largest absolute Gasteiger partial charge is 0.493 e. The van der Waals surface area contributed by atoms with Crippen LogP contribution < -0.4 is 4.74 Å². The zero-order valence-corrected chi connectivity index (χ0v) is 19.5. The summed E-state index contributed by atoms with van der Waals surface area (Å²) in [4.78, 5) is 13.3. The lowest BCUT2D eigenvalue weighted by molar-refractivity contribution is 0.0526. The summed E-state index contributed by atoms with van der Waals surface area (Å²) in [7, 11) is 0. The molecule has 152 valence electrons. The monoisotopic (exact) mass is 444 g/mol. The van der Waals surface area contributed by atoms with Crippen LogP contribution in [0.5, 0.6) is 5.75 Å². The van der Waals surface area contributed by atoms with Gasteiger partial charge in [0.2, 0.25) is 0 Å². The van der Waals surface area contributed by atoms with Crippen LogP contribution in [0.25, 0.3) is 0 Å². The molecule has 1 aliphatic rings. The van der Waals surface area contributed by atoms with Gasteiger partial charge in [-0.2, -0.15) is 0 Å². The Labute approximate surface area is 185 Å². The second kappa shape index (κ2) is 9.88. The highest BCUT2D eigenvalue weighted by atomic mass is 32.2. The Bertz CT molecular complexity index is 956. The first-order chi connectivity index (χ1) is 14.1. The number of fused-ring (bicyclic) bond motifs is 1. The quantitative estimate of drug-likeness (QED) is 0.257. The lowest BCUT2D eigenvalue weighted by Gasteiger charge is -2.36. The minimum absolute atomic E-state index is 0.0240. The number of hydrogen-bond donors (Lipinski definition) is 0. The maximum atomic E-state index is 12.2. The maximum Gasteiger partial charge on any atom is 0.339 e. The fourth-order valence-corrected chi connectivity index (χ4v) is 5.85. The maximum absolute atomic E-state index is 12.2. The van der Waals surface area contributed by atoms with Crippen LogP contribution in [0.3, 0.4) is 0 Å². The van der Waals surface area contributed by atoms with Gasteiger partial charge in [0.1, 0.15) is 5.75 Å². The van der Waals surface area contributed by atoms with E-state index in [0.717, 1.165) is 29.2 Å². The normalized spacial score (nSPS) is 14.2. The van der Waals surface area contributed by atoms with Gasteiger partial charge in [-0.05, 0) is 50.0 Å². The van der Waals surface area contributed by atoms with Crippen LogP contribution >= 0.6 is 35.3 Å². The van der Waals surface area contributed by atoms with E-state index in [2.05, 4.69) is 36.5 Å². The molecule has 0 bridgehead atoms. The van der Waals surface area contributed by atoms with Crippen LogP contribution in [-0.4, -0.2) is 38.0 Å². The summed E-state index contributed by atoms with van der Waals surface area (Å²) in [5, 5.41) is 0. The van der Waals surface area contributed by atoms with Crippen molar-refractivity contribution in [2.75, 3.05) is 32.0 Å². The third-order valence-electron chi connectivity index (χ3n) is 4.81. The number of carbonyl (C=O) groups excluding carboxylic acids is 1. The Morgan fingerprint density at radius 3 is 2.55 bits per heavy atom. The van der Waals surface area contributed by atoms with Gasteiger partial charge in [0.25, 0.3) is 0 Å². The molecule has 2 aromatic rings. The van der Waals surface area contributed by atoms with Crippen molar-refractivity contribution < 1.29 is 14.3 Å². The number of benzene rings is 2. The van der Waals surface area contributed by atoms with E-state index in [0.29, 0.717) is 17.7 Å². The molecule has 0 aliphatic carbocycles. The third kappa shape index (κ3) is 4.58. The predicted molar refractivity (Wildman–Crippen MR) is 125 cm³/mol. The van der Waals surface area contributed by atoms with Crippen molar-refractivity contribution in [3.05, 3.63) is 58.7 Å². The summed E-state index contributed by atoms with van der Waals surface area (Å²) in [6.45, 7) is 2.86. The predicted octanol–water partition coefficient (Wildman–Crippen LogP) is 5.65. The Morgan fingerprint density at radius 1 is 1.14 bits per heavy atom. The second-order valence-corrected chi connectivity index (χ2v) is 9.64. The van der Waals surface area contributed by atoms with Gasteiger partial charge in [-0.15, -0.1) is 35.3 Å². The van der Waals surface area contributed by atoms with Gasteiger partial charge < -0.3 is 9.47 Å². The van der Waals surface area contributed by atoms with Gasteiger partial charge in [-0.25, -0.2) is 4.79 Å². The van der Waals surface area contributed by atoms with Crippen molar-refractivity contribution >= 4 is 41.3 Å². The van der Waals surface area contributed by atoms with E-state index < -0.39 is 0 Å². The van der Waals surface area contributed by atoms with Gasteiger partial charge in [0.15, 0.2) is 0 Å². The molecule has 1 aliphatic heterocycles. The smallest absolute Gasteiger partial charge is 0.339 e. The molecule has 0 amide bonds. The van der Waals surface area contributed by atoms with Gasteiger partial charge >= 0.3 is 5.97 Å². The topological polar surface area (TPSA) is 35.5 Å². The summed E-state index contributed by atoms with van der Waals surface area (Å²) in [6.07, 6.45) is 7.29. The number of rotatable bonds is 5. The van der Waals surface area contributed by atoms with E-state index in [-0.39, 0.29) is 10.0 Å². The van der Waals surface area contributed by atoms with Crippen LogP contribution in [-0.2, 0) is 8.82 Å². The molecule has 6 heteroatoms. The van der Waals surface area contributed by atoms with Gasteiger partial charge in [0, 0.05) is 28.0 Å². The molecule has 1 heterocycles. The molecule has 0 unspecified atom stereocenters. The average molecular weight is 445 g/mol. The third-order valence-corrected chi connectivity index (χ3v) is 8.76. The molecule has 0 atom stereocenters. The Balaban J connectivity index is 2.08. The van der Waals surface area contributed by atoms with E-state index in [1.54, 1.807) is 24.8 Å². The highest BCUT2D eigenvalue weighted by Gasteiger charge is 2.37. The van der Waals surface area contributed by atoms with E-state index in [1.165, 1.54) is 5.56 Å². The van der Waals surface area contributed by atoms with Crippen LogP contribution in [0.2, 0.25) is 0 Å². The standard InChI is InChI=1S/C23H24O3S3/c1-5-25-22(24)18-9-7-6-8-16(18)10-11-17-14-19-20(15-21(17)27-2)26-13-12-23(19,28-3)29-4/h6-9,14-15H,5,12-13H2,1-4H3. The Kier molecular flexibility index (Phi) is 7.50. The summed E-state index contributed by atoms with van der Waals surface area (Å²) < 4.78 is 11.1. The first-order valence-corrected chi connectivity index (χ1v) is 13.0. The van der Waals surface area contributed by atoms with Crippen molar-refractivity contribution in [3.63, 3.8) is 0 Å². The molecule has 0 radical (unpaired) electrons. The summed E-state index contributed by atoms with van der Waals surface area (Å²) in [5.41, 5.74) is 3.31. The molecule has 0 aromatic heterocycles. The van der Waals surface area contributed by atoms with Crippen molar-refractivity contribution in [2.24, 2.45) is 0 Å². The lowest BCUT2D eigenvalue weighted by Crippen LogP contribution is -2.26. The van der Waals surface area contributed by atoms with E-state index in [1.807, 2.05) is 48.0 Å². The zero-order chi connectivity index (χ0) is 20.9. The molecule has 0 spiro atoms. The molecule has 3 rings (SSSR count). The van der Waals surface area contributed by atoms with Crippen molar-refractivity contribution in [3.8, 4) is 17.6 Å². The fraction of sp³-hybridized carbons (Fsp3) is 0.348. The van der Waals surface area contributed by atoms with Crippen molar-refractivity contribution in [1.82, 2.24) is 0 Å². The van der Waals surface area contributed by atoms with Gasteiger partial charge in [-0.3, -0.25) is 0 Å². The molecule has 0 saturated heterocycles. The molecular weight excluding hydrogens is 420 g/mol. The minimum atomic E-state index is -0.342. The SMILES string of the molecule is CCOC(=O)c1ccccc1C#Cc1cc2c(cc1SC)OCCC2(SC)SC. The van der Waals surface area contributed by atoms with E-state index in [4.69, 9.17) is 9.47 Å². The highest BCUT2D eigenvalue weighted by molar-refractivity contribution is 8.16. The first kappa shape index (κ1) is 22.0. The number of ether oxygens (including phenoxy) is 2. The Morgan fingerprint density at radius 2 is 1.86 bits per heavy atom. The number of hydrogen-bond acceptors (Lipinski definition) is 6. The van der Waals surface area contributed by atoms with Crippen molar-refractivity contribution in [2.45, 2.75) is 22.3 Å². The van der Waals surface area contributed by atoms with E-state index in [9.17, 15) is 4.79 Å². The average Bonchev–Trinajstić information content (AvgIpc) is 2.76. The zero-order valence-electron chi connectivity index (χ0n) is 17.0. The van der Waals surface area contributed by atoms with Gasteiger partial charge in [0.05, 0.1) is 22.9 Å². The van der Waals surface area contributed by atoms with Crippen LogP contribution in [0.4, 0.5) is 0 Å². The first-order valence-electron chi connectivity index (χ1n) is 9.32. The highest BCUT2D eigenvalue weighted by Crippen LogP contribution is 2.53. The molecular formula is C23H24O3S3. The summed E-state index contributed by atoms with van der Waals surface area (Å²) in [5.74, 6) is 7.10. The molecule has 3 nitrogen and oxygen atoms in total. The number of carbonyl (C=O) groups is 1. The number of esters is 1. The summed E-state index contributed by atoms with van der Waals surface area (Å²) in [6, 6.07) is 11.6.